The maximum atomic E-state index is 13.7. The van der Waals surface area contributed by atoms with Crippen molar-refractivity contribution < 1.29 is 19.1 Å². The van der Waals surface area contributed by atoms with Crippen molar-refractivity contribution in [3.05, 3.63) is 59.9 Å². The molecule has 2 aliphatic heterocycles. The summed E-state index contributed by atoms with van der Waals surface area (Å²) in [5, 5.41) is 15.4. The van der Waals surface area contributed by atoms with Crippen LogP contribution in [0.1, 0.15) is 38.3 Å². The van der Waals surface area contributed by atoms with Crippen LogP contribution in [0.2, 0.25) is 0 Å². The summed E-state index contributed by atoms with van der Waals surface area (Å²) in [6.45, 7) is 5.25. The van der Waals surface area contributed by atoms with E-state index in [0.717, 1.165) is 11.1 Å². The molecular weight excluding hydrogens is 434 g/mol. The van der Waals surface area contributed by atoms with Crippen molar-refractivity contribution in [1.29, 1.82) is 5.26 Å². The van der Waals surface area contributed by atoms with E-state index in [4.69, 9.17) is 4.74 Å². The molecule has 9 heteroatoms. The zero-order valence-corrected chi connectivity index (χ0v) is 19.4. The van der Waals surface area contributed by atoms with Crippen LogP contribution in [-0.2, 0) is 26.2 Å². The second-order valence-corrected chi connectivity index (χ2v) is 9.66. The number of anilines is 1. The van der Waals surface area contributed by atoms with Crippen LogP contribution in [0.5, 0.6) is 0 Å². The van der Waals surface area contributed by atoms with Gasteiger partial charge in [-0.3, -0.25) is 14.6 Å². The third kappa shape index (κ3) is 4.44. The smallest absolute Gasteiger partial charge is 0.408 e. The third-order valence-corrected chi connectivity index (χ3v) is 6.07. The van der Waals surface area contributed by atoms with E-state index in [9.17, 15) is 19.6 Å². The fraction of sp³-hybridized carbons (Fsp3) is 0.400. The van der Waals surface area contributed by atoms with Crippen LogP contribution >= 0.6 is 0 Å². The van der Waals surface area contributed by atoms with Gasteiger partial charge in [0.15, 0.2) is 0 Å². The lowest BCUT2D eigenvalue weighted by atomic mass is 9.80. The Labute approximate surface area is 198 Å². The van der Waals surface area contributed by atoms with Gasteiger partial charge in [0.1, 0.15) is 17.7 Å². The highest BCUT2D eigenvalue weighted by Gasteiger charge is 2.56. The van der Waals surface area contributed by atoms with Gasteiger partial charge in [-0.1, -0.05) is 24.3 Å². The number of rotatable bonds is 4. The molecule has 3 heterocycles. The first-order valence-corrected chi connectivity index (χ1v) is 11.1. The van der Waals surface area contributed by atoms with E-state index in [-0.39, 0.29) is 25.3 Å². The molecule has 1 fully saturated rings. The molecule has 0 unspecified atom stereocenters. The van der Waals surface area contributed by atoms with E-state index in [0.29, 0.717) is 5.69 Å². The molecule has 0 bridgehead atoms. The van der Waals surface area contributed by atoms with Gasteiger partial charge in [0, 0.05) is 37.5 Å². The van der Waals surface area contributed by atoms with Crippen LogP contribution in [0.3, 0.4) is 0 Å². The van der Waals surface area contributed by atoms with E-state index >= 15 is 0 Å². The Hall–Kier alpha value is -3.93. The van der Waals surface area contributed by atoms with E-state index < -0.39 is 35.1 Å². The van der Waals surface area contributed by atoms with Crippen molar-refractivity contribution in [1.82, 2.24) is 15.2 Å². The van der Waals surface area contributed by atoms with Crippen LogP contribution < -0.4 is 10.6 Å². The van der Waals surface area contributed by atoms with Crippen LogP contribution in [0.25, 0.3) is 0 Å². The molecule has 1 spiro atoms. The van der Waals surface area contributed by atoms with Gasteiger partial charge in [-0.2, -0.15) is 5.26 Å². The number of carbonyl (C=O) groups excluding carboxylic acids is 3. The van der Waals surface area contributed by atoms with Crippen LogP contribution in [0, 0.1) is 11.3 Å². The van der Waals surface area contributed by atoms with Crippen molar-refractivity contribution in [3.63, 3.8) is 0 Å². The molecule has 2 N–H and O–H groups in total. The number of ether oxygens (including phenoxy) is 1. The Morgan fingerprint density at radius 3 is 2.76 bits per heavy atom. The van der Waals surface area contributed by atoms with Crippen LogP contribution in [-0.4, -0.2) is 52.0 Å². The first kappa shape index (κ1) is 23.2. The van der Waals surface area contributed by atoms with Crippen LogP contribution in [0.4, 0.5) is 10.5 Å². The number of likely N-dealkylation sites (tertiary alicyclic amines) is 1. The number of nitrogens with zero attached hydrogens (tertiary/aromatic N) is 3. The first-order valence-electron chi connectivity index (χ1n) is 11.1. The fourth-order valence-electron chi connectivity index (χ4n) is 4.59. The maximum Gasteiger partial charge on any atom is 0.408 e. The quantitative estimate of drug-likeness (QED) is 0.721. The fourth-order valence-corrected chi connectivity index (χ4v) is 4.59. The van der Waals surface area contributed by atoms with E-state index in [1.165, 1.54) is 4.90 Å². The largest absolute Gasteiger partial charge is 0.444 e. The Kier molecular flexibility index (Phi) is 6.00. The highest BCUT2D eigenvalue weighted by molar-refractivity contribution is 6.07. The minimum absolute atomic E-state index is 0.0481. The van der Waals surface area contributed by atoms with E-state index in [2.05, 4.69) is 21.7 Å². The Morgan fingerprint density at radius 2 is 2.09 bits per heavy atom. The number of carbonyl (C=O) groups is 3. The normalized spacial score (nSPS) is 22.0. The number of nitrogens with one attached hydrogen (secondary N) is 2. The van der Waals surface area contributed by atoms with Crippen molar-refractivity contribution >= 4 is 23.6 Å². The molecule has 0 radical (unpaired) electrons. The summed E-state index contributed by atoms with van der Waals surface area (Å²) >= 11 is 0. The number of para-hydroxylation sites is 1. The van der Waals surface area contributed by atoms with Gasteiger partial charge in [0.2, 0.25) is 11.8 Å². The Morgan fingerprint density at radius 1 is 1.32 bits per heavy atom. The molecule has 1 aromatic carbocycles. The zero-order chi connectivity index (χ0) is 24.5. The molecule has 176 valence electrons. The Bertz CT molecular complexity index is 1150. The van der Waals surface area contributed by atoms with Gasteiger partial charge >= 0.3 is 6.09 Å². The molecule has 3 amide bonds. The summed E-state index contributed by atoms with van der Waals surface area (Å²) in [4.78, 5) is 44.8. The highest BCUT2D eigenvalue weighted by Crippen LogP contribution is 2.46. The predicted octanol–water partition coefficient (Wildman–Crippen LogP) is 2.53. The van der Waals surface area contributed by atoms with Gasteiger partial charge in [-0.05, 0) is 44.0 Å². The SMILES string of the molecule is CC(C)(C)OC(=O)N[C@@H](Cc1cccnc1)C(=O)N1C[C@]2(C[C@H]1C#N)C(=O)Nc1ccccc12. The summed E-state index contributed by atoms with van der Waals surface area (Å²) in [5.41, 5.74) is 0.460. The number of aromatic nitrogens is 1. The summed E-state index contributed by atoms with van der Waals surface area (Å²) in [5.74, 6) is -0.677. The Balaban J connectivity index is 1.63. The molecule has 0 saturated carbocycles. The predicted molar refractivity (Wildman–Crippen MR) is 124 cm³/mol. The summed E-state index contributed by atoms with van der Waals surface area (Å²) in [6.07, 6.45) is 2.85. The van der Waals surface area contributed by atoms with Gasteiger partial charge in [-0.15, -0.1) is 0 Å². The van der Waals surface area contributed by atoms with Gasteiger partial charge in [-0.25, -0.2) is 4.79 Å². The summed E-state index contributed by atoms with van der Waals surface area (Å²) < 4.78 is 5.36. The number of alkyl carbamates (subject to hydrolysis) is 1. The van der Waals surface area contributed by atoms with Crippen molar-refractivity contribution in [3.8, 4) is 6.07 Å². The molecule has 1 aromatic heterocycles. The van der Waals surface area contributed by atoms with Crippen molar-refractivity contribution in [2.75, 3.05) is 11.9 Å². The highest BCUT2D eigenvalue weighted by atomic mass is 16.6. The second kappa shape index (κ2) is 8.78. The van der Waals surface area contributed by atoms with E-state index in [1.807, 2.05) is 24.3 Å². The zero-order valence-electron chi connectivity index (χ0n) is 19.4. The lowest BCUT2D eigenvalue weighted by Gasteiger charge is -2.28. The first-order chi connectivity index (χ1) is 16.1. The molecule has 3 atom stereocenters. The third-order valence-electron chi connectivity index (χ3n) is 6.07. The van der Waals surface area contributed by atoms with Crippen molar-refractivity contribution in [2.24, 2.45) is 0 Å². The number of amides is 3. The van der Waals surface area contributed by atoms with Gasteiger partial charge in [0.05, 0.1) is 11.5 Å². The number of hydrogen-bond donors (Lipinski definition) is 2. The molecule has 9 nitrogen and oxygen atoms in total. The second-order valence-electron chi connectivity index (χ2n) is 9.66. The topological polar surface area (TPSA) is 124 Å². The number of nitriles is 1. The van der Waals surface area contributed by atoms with Crippen LogP contribution in [0.15, 0.2) is 48.8 Å². The monoisotopic (exact) mass is 461 g/mol. The molecule has 2 aliphatic rings. The minimum Gasteiger partial charge on any atom is -0.444 e. The summed E-state index contributed by atoms with van der Waals surface area (Å²) in [7, 11) is 0. The molecule has 2 aromatic rings. The van der Waals surface area contributed by atoms with Gasteiger partial charge < -0.3 is 20.3 Å². The lowest BCUT2D eigenvalue weighted by Crippen LogP contribution is -2.52. The maximum absolute atomic E-state index is 13.7. The molecule has 1 saturated heterocycles. The number of benzene rings is 1. The lowest BCUT2D eigenvalue weighted by molar-refractivity contribution is -0.133. The molecule has 0 aliphatic carbocycles. The molecule has 4 rings (SSSR count). The molecule has 34 heavy (non-hydrogen) atoms. The van der Waals surface area contributed by atoms with Gasteiger partial charge in [0.25, 0.3) is 0 Å². The average molecular weight is 462 g/mol. The standard InChI is InChI=1S/C25H27N5O4/c1-24(2,3)34-23(33)29-20(11-16-7-6-10-27-14-16)21(31)30-15-25(12-17(30)13-26)18-8-4-5-9-19(18)28-22(25)32/h4-10,14,17,20H,11-12,15H2,1-3H3,(H,28,32)(H,29,33)/t17-,20-,25-/m0/s1. The van der Waals surface area contributed by atoms with Crippen molar-refractivity contribution in [2.45, 2.75) is 56.7 Å². The van der Waals surface area contributed by atoms with E-state index in [1.54, 1.807) is 45.3 Å². The average Bonchev–Trinajstić information content (AvgIpc) is 3.31. The number of hydrogen-bond acceptors (Lipinski definition) is 6. The number of pyridine rings is 1. The minimum atomic E-state index is -1.00. The number of fused-ring (bicyclic) bond motifs is 2. The summed E-state index contributed by atoms with van der Waals surface area (Å²) in [6, 6.07) is 11.2. The molecular formula is C25H27N5O4.